The molecule has 0 aliphatic carbocycles. The van der Waals surface area contributed by atoms with Crippen LogP contribution in [0, 0.1) is 6.92 Å². The summed E-state index contributed by atoms with van der Waals surface area (Å²) in [6.45, 7) is 3.80. The summed E-state index contributed by atoms with van der Waals surface area (Å²) in [7, 11) is 1.73. The van der Waals surface area contributed by atoms with Gasteiger partial charge in [0.15, 0.2) is 6.61 Å². The lowest BCUT2D eigenvalue weighted by molar-refractivity contribution is -0.157. The normalized spacial score (nSPS) is 17.0. The number of amides is 1. The average Bonchev–Trinajstić information content (AvgIpc) is 2.74. The highest BCUT2D eigenvalue weighted by molar-refractivity contribution is 5.82. The number of piperidine rings is 1. The highest BCUT2D eigenvalue weighted by atomic mass is 16.5. The third-order valence-electron chi connectivity index (χ3n) is 5.43. The van der Waals surface area contributed by atoms with Gasteiger partial charge >= 0.3 is 5.97 Å². The van der Waals surface area contributed by atoms with Gasteiger partial charge in [-0.1, -0.05) is 36.8 Å². The minimum Gasteiger partial charge on any atom is -0.454 e. The summed E-state index contributed by atoms with van der Waals surface area (Å²) >= 11 is 0. The summed E-state index contributed by atoms with van der Waals surface area (Å²) in [5, 5.41) is 0. The minimum atomic E-state index is -0.314. The largest absolute Gasteiger partial charge is 0.454 e. The zero-order valence-corrected chi connectivity index (χ0v) is 17.2. The first-order chi connectivity index (χ1) is 14.0. The number of pyridine rings is 1. The first-order valence-electron chi connectivity index (χ1n) is 10.1. The average molecular weight is 396 g/mol. The Morgan fingerprint density at radius 3 is 2.79 bits per heavy atom. The lowest BCUT2D eigenvalue weighted by atomic mass is 10.0. The molecule has 3 rings (SSSR count). The SMILES string of the molecule is Cc1ccccc1CN(C)C(=O)COC(=O)[C@H]1CCCCN1Cc1cccnc1. The number of aromatic nitrogens is 1. The van der Waals surface area contributed by atoms with Crippen LogP contribution in [0.5, 0.6) is 0 Å². The maximum atomic E-state index is 12.7. The fourth-order valence-corrected chi connectivity index (χ4v) is 3.64. The van der Waals surface area contributed by atoms with E-state index >= 15 is 0 Å². The van der Waals surface area contributed by atoms with Crippen LogP contribution in [-0.2, 0) is 27.4 Å². The van der Waals surface area contributed by atoms with E-state index in [1.807, 2.05) is 49.5 Å². The van der Waals surface area contributed by atoms with E-state index in [0.29, 0.717) is 13.1 Å². The van der Waals surface area contributed by atoms with E-state index in [1.54, 1.807) is 18.1 Å². The summed E-state index contributed by atoms with van der Waals surface area (Å²) in [4.78, 5) is 33.0. The van der Waals surface area contributed by atoms with Crippen LogP contribution in [0.4, 0.5) is 0 Å². The lowest BCUT2D eigenvalue weighted by Crippen LogP contribution is -2.45. The number of rotatable bonds is 7. The van der Waals surface area contributed by atoms with Crippen molar-refractivity contribution in [3.8, 4) is 0 Å². The number of aryl methyl sites for hydroxylation is 1. The molecule has 1 aliphatic rings. The summed E-state index contributed by atoms with van der Waals surface area (Å²) < 4.78 is 5.41. The molecule has 2 aromatic rings. The molecule has 1 amide bonds. The maximum Gasteiger partial charge on any atom is 0.323 e. The third-order valence-corrected chi connectivity index (χ3v) is 5.43. The smallest absolute Gasteiger partial charge is 0.323 e. The Morgan fingerprint density at radius 2 is 2.03 bits per heavy atom. The van der Waals surface area contributed by atoms with Crippen LogP contribution in [-0.4, -0.2) is 52.9 Å². The van der Waals surface area contributed by atoms with Crippen LogP contribution in [0.15, 0.2) is 48.8 Å². The third kappa shape index (κ3) is 5.87. The van der Waals surface area contributed by atoms with Gasteiger partial charge in [0.25, 0.3) is 5.91 Å². The Hall–Kier alpha value is -2.73. The molecule has 1 saturated heterocycles. The van der Waals surface area contributed by atoms with Gasteiger partial charge < -0.3 is 9.64 Å². The monoisotopic (exact) mass is 395 g/mol. The Balaban J connectivity index is 1.52. The van der Waals surface area contributed by atoms with E-state index in [1.165, 1.54) is 0 Å². The number of likely N-dealkylation sites (N-methyl/N-ethyl adjacent to an activating group) is 1. The van der Waals surface area contributed by atoms with E-state index in [4.69, 9.17) is 4.74 Å². The summed E-state index contributed by atoms with van der Waals surface area (Å²) in [5.41, 5.74) is 3.29. The highest BCUT2D eigenvalue weighted by Crippen LogP contribution is 2.20. The lowest BCUT2D eigenvalue weighted by Gasteiger charge is -2.34. The second-order valence-corrected chi connectivity index (χ2v) is 7.63. The number of hydrogen-bond acceptors (Lipinski definition) is 5. The Labute approximate surface area is 172 Å². The van der Waals surface area contributed by atoms with Crippen LogP contribution in [0.1, 0.15) is 36.0 Å². The molecule has 0 saturated carbocycles. The van der Waals surface area contributed by atoms with Crippen LogP contribution in [0.25, 0.3) is 0 Å². The van der Waals surface area contributed by atoms with E-state index in [2.05, 4.69) is 9.88 Å². The van der Waals surface area contributed by atoms with Crippen LogP contribution in [0.3, 0.4) is 0 Å². The Morgan fingerprint density at radius 1 is 1.21 bits per heavy atom. The van der Waals surface area contributed by atoms with E-state index in [-0.39, 0.29) is 24.5 Å². The standard InChI is InChI=1S/C23H29N3O3/c1-18-8-3-4-10-20(18)16-25(2)22(27)17-29-23(28)21-11-5-6-13-26(21)15-19-9-7-12-24-14-19/h3-4,7-10,12,14,21H,5-6,11,13,15-17H2,1-2H3/t21-/m1/s1. The van der Waals surface area contributed by atoms with Crippen molar-refractivity contribution in [3.63, 3.8) is 0 Å². The van der Waals surface area contributed by atoms with Gasteiger partial charge in [0, 0.05) is 32.5 Å². The highest BCUT2D eigenvalue weighted by Gasteiger charge is 2.30. The van der Waals surface area contributed by atoms with Crippen LogP contribution < -0.4 is 0 Å². The first kappa shape index (κ1) is 21.0. The zero-order chi connectivity index (χ0) is 20.6. The van der Waals surface area contributed by atoms with Gasteiger partial charge in [-0.15, -0.1) is 0 Å². The van der Waals surface area contributed by atoms with Crippen molar-refractivity contribution in [2.75, 3.05) is 20.2 Å². The van der Waals surface area contributed by atoms with Crippen molar-refractivity contribution in [2.45, 2.75) is 45.3 Å². The molecule has 29 heavy (non-hydrogen) atoms. The molecule has 0 bridgehead atoms. The fourth-order valence-electron chi connectivity index (χ4n) is 3.64. The zero-order valence-electron chi connectivity index (χ0n) is 17.2. The number of carbonyl (C=O) groups excluding carboxylic acids is 2. The van der Waals surface area contributed by atoms with Gasteiger partial charge in [0.1, 0.15) is 6.04 Å². The molecule has 1 fully saturated rings. The second kappa shape index (κ2) is 10.2. The molecule has 1 aliphatic heterocycles. The quantitative estimate of drug-likeness (QED) is 0.675. The van der Waals surface area contributed by atoms with Gasteiger partial charge in [-0.2, -0.15) is 0 Å². The van der Waals surface area contributed by atoms with E-state index in [0.717, 1.165) is 42.5 Å². The van der Waals surface area contributed by atoms with Gasteiger partial charge in [-0.05, 0) is 49.1 Å². The molecule has 1 atom stereocenters. The van der Waals surface area contributed by atoms with E-state index < -0.39 is 0 Å². The van der Waals surface area contributed by atoms with Gasteiger partial charge in [-0.25, -0.2) is 0 Å². The fraction of sp³-hybridized carbons (Fsp3) is 0.435. The molecule has 6 nitrogen and oxygen atoms in total. The van der Waals surface area contributed by atoms with E-state index in [9.17, 15) is 9.59 Å². The maximum absolute atomic E-state index is 12.7. The molecule has 1 aromatic carbocycles. The van der Waals surface area contributed by atoms with Crippen molar-refractivity contribution in [1.82, 2.24) is 14.8 Å². The molecule has 0 spiro atoms. The molecule has 2 heterocycles. The number of benzene rings is 1. The molecular formula is C23H29N3O3. The summed E-state index contributed by atoms with van der Waals surface area (Å²) in [6.07, 6.45) is 6.37. The van der Waals surface area contributed by atoms with Crippen molar-refractivity contribution < 1.29 is 14.3 Å². The molecule has 6 heteroatoms. The second-order valence-electron chi connectivity index (χ2n) is 7.63. The molecule has 1 aromatic heterocycles. The Bertz CT molecular complexity index is 825. The van der Waals surface area contributed by atoms with Gasteiger partial charge in [0.2, 0.25) is 0 Å². The van der Waals surface area contributed by atoms with Crippen LogP contribution >= 0.6 is 0 Å². The molecular weight excluding hydrogens is 366 g/mol. The van der Waals surface area contributed by atoms with Gasteiger partial charge in [-0.3, -0.25) is 19.5 Å². The van der Waals surface area contributed by atoms with Crippen molar-refractivity contribution in [1.29, 1.82) is 0 Å². The van der Waals surface area contributed by atoms with Crippen molar-refractivity contribution >= 4 is 11.9 Å². The first-order valence-corrected chi connectivity index (χ1v) is 10.1. The van der Waals surface area contributed by atoms with Gasteiger partial charge in [0.05, 0.1) is 0 Å². The van der Waals surface area contributed by atoms with Crippen LogP contribution in [0.2, 0.25) is 0 Å². The summed E-state index contributed by atoms with van der Waals surface area (Å²) in [5.74, 6) is -0.512. The number of esters is 1. The topological polar surface area (TPSA) is 62.7 Å². The predicted octanol–water partition coefficient (Wildman–Crippen LogP) is 2.95. The van der Waals surface area contributed by atoms with Crippen molar-refractivity contribution in [3.05, 3.63) is 65.5 Å². The number of nitrogens with zero attached hydrogens (tertiary/aromatic N) is 3. The van der Waals surface area contributed by atoms with Crippen molar-refractivity contribution in [2.24, 2.45) is 0 Å². The number of ether oxygens (including phenoxy) is 1. The number of carbonyl (C=O) groups is 2. The molecule has 154 valence electrons. The number of likely N-dealkylation sites (tertiary alicyclic amines) is 1. The Kier molecular flexibility index (Phi) is 7.36. The minimum absolute atomic E-state index is 0.198. The number of hydrogen-bond donors (Lipinski definition) is 0. The molecule has 0 radical (unpaired) electrons. The molecule has 0 N–H and O–H groups in total. The molecule has 0 unspecified atom stereocenters. The summed E-state index contributed by atoms with van der Waals surface area (Å²) in [6, 6.07) is 11.6. The predicted molar refractivity (Wildman–Crippen MR) is 111 cm³/mol.